The van der Waals surface area contributed by atoms with Crippen LogP contribution in [-0.2, 0) is 29.2 Å². The number of methoxy groups -OCH3 is 1. The van der Waals surface area contributed by atoms with Crippen molar-refractivity contribution in [2.45, 2.75) is 32.2 Å². The van der Waals surface area contributed by atoms with E-state index in [1.165, 1.54) is 29.9 Å². The summed E-state index contributed by atoms with van der Waals surface area (Å²) < 4.78 is 33.8. The molecular weight excluding hydrogens is 555 g/mol. The molecule has 43 heavy (non-hydrogen) atoms. The maximum absolute atomic E-state index is 14.2. The standard InChI is InChI=1S/C31H25FN6O5/c1-33-21-7-6-20(23(32)15-21)18-43-28-5-3-4-24(35-28)19-10-12-37(29(39)14-19)17-27-34-25-8-9-26(31(40)41-2)36-30(25)38(27)16-22-11-13-42-22/h3-10,12,14-15,22H,11,13,16-18H2,2H3/t22-/m0/s1. The topological polar surface area (TPSA) is 115 Å². The highest BCUT2D eigenvalue weighted by molar-refractivity contribution is 5.89. The molecule has 0 radical (unpaired) electrons. The summed E-state index contributed by atoms with van der Waals surface area (Å²) in [7, 11) is 1.30. The van der Waals surface area contributed by atoms with E-state index in [0.717, 1.165) is 12.5 Å². The Morgan fingerprint density at radius 3 is 2.72 bits per heavy atom. The van der Waals surface area contributed by atoms with Crippen molar-refractivity contribution in [3.05, 3.63) is 112 Å². The number of carbonyl (C=O) groups excluding carboxylic acids is 1. The molecule has 1 saturated heterocycles. The molecule has 6 rings (SSSR count). The number of halogens is 1. The number of ether oxygens (including phenoxy) is 3. The summed E-state index contributed by atoms with van der Waals surface area (Å²) in [4.78, 5) is 42.2. The second kappa shape index (κ2) is 11.8. The zero-order valence-corrected chi connectivity index (χ0v) is 23.1. The summed E-state index contributed by atoms with van der Waals surface area (Å²) in [6.07, 6.45) is 2.55. The molecule has 1 aromatic carbocycles. The SMILES string of the molecule is [C-]#[N+]c1ccc(COc2cccc(-c3ccn(Cc4nc5ccc(C(=O)OC)nc5n4C[C@@H]4CCO4)c(=O)c3)n2)c(F)c1. The second-order valence-electron chi connectivity index (χ2n) is 9.87. The van der Waals surface area contributed by atoms with Crippen molar-refractivity contribution in [1.82, 2.24) is 24.1 Å². The first-order chi connectivity index (χ1) is 20.9. The molecular formula is C31H25FN6O5. The minimum atomic E-state index is -0.548. The molecule has 12 heteroatoms. The van der Waals surface area contributed by atoms with Crippen LogP contribution in [0.5, 0.6) is 5.88 Å². The highest BCUT2D eigenvalue weighted by Crippen LogP contribution is 2.23. The molecule has 0 spiro atoms. The number of fused-ring (bicyclic) bond motifs is 1. The Morgan fingerprint density at radius 2 is 2.00 bits per heavy atom. The number of esters is 1. The van der Waals surface area contributed by atoms with Crippen LogP contribution in [0.1, 0.15) is 28.3 Å². The molecule has 0 unspecified atom stereocenters. The van der Waals surface area contributed by atoms with Gasteiger partial charge in [-0.3, -0.25) is 4.79 Å². The second-order valence-corrected chi connectivity index (χ2v) is 9.87. The maximum atomic E-state index is 14.2. The molecule has 0 bridgehead atoms. The Hall–Kier alpha value is -5.41. The third kappa shape index (κ3) is 5.84. The van der Waals surface area contributed by atoms with Gasteiger partial charge in [-0.15, -0.1) is 0 Å². The lowest BCUT2D eigenvalue weighted by Crippen LogP contribution is -2.32. The molecule has 1 atom stereocenters. The van der Waals surface area contributed by atoms with E-state index in [0.29, 0.717) is 47.0 Å². The summed E-state index contributed by atoms with van der Waals surface area (Å²) in [5.74, 6) is -0.212. The van der Waals surface area contributed by atoms with Crippen LogP contribution < -0.4 is 10.3 Å². The van der Waals surface area contributed by atoms with Crippen molar-refractivity contribution in [3.63, 3.8) is 0 Å². The predicted molar refractivity (Wildman–Crippen MR) is 153 cm³/mol. The summed E-state index contributed by atoms with van der Waals surface area (Å²) in [6, 6.07) is 15.8. The quantitative estimate of drug-likeness (QED) is 0.184. The van der Waals surface area contributed by atoms with Gasteiger partial charge in [0.05, 0.1) is 38.6 Å². The van der Waals surface area contributed by atoms with Crippen molar-refractivity contribution in [2.75, 3.05) is 13.7 Å². The summed E-state index contributed by atoms with van der Waals surface area (Å²) in [6.45, 7) is 8.27. The highest BCUT2D eigenvalue weighted by atomic mass is 19.1. The van der Waals surface area contributed by atoms with Gasteiger partial charge in [0, 0.05) is 36.1 Å². The van der Waals surface area contributed by atoms with E-state index in [9.17, 15) is 14.0 Å². The monoisotopic (exact) mass is 580 g/mol. The number of aromatic nitrogens is 5. The van der Waals surface area contributed by atoms with Crippen molar-refractivity contribution in [2.24, 2.45) is 0 Å². The fourth-order valence-corrected chi connectivity index (χ4v) is 4.69. The zero-order chi connectivity index (χ0) is 29.9. The van der Waals surface area contributed by atoms with Crippen LogP contribution >= 0.6 is 0 Å². The molecule has 0 N–H and O–H groups in total. The lowest BCUT2D eigenvalue weighted by molar-refractivity contribution is -0.0591. The Labute approximate surface area is 245 Å². The molecule has 1 aliphatic heterocycles. The Kier molecular flexibility index (Phi) is 7.63. The summed E-state index contributed by atoms with van der Waals surface area (Å²) >= 11 is 0. The fraction of sp³-hybridized carbons (Fsp3) is 0.226. The van der Waals surface area contributed by atoms with Crippen molar-refractivity contribution in [1.29, 1.82) is 0 Å². The van der Waals surface area contributed by atoms with Gasteiger partial charge in [0.1, 0.15) is 23.8 Å². The number of benzene rings is 1. The summed E-state index contributed by atoms with van der Waals surface area (Å²) in [5, 5.41) is 0. The first-order valence-electron chi connectivity index (χ1n) is 13.4. The number of imidazole rings is 1. The first kappa shape index (κ1) is 27.7. The van der Waals surface area contributed by atoms with Gasteiger partial charge in [0.2, 0.25) is 5.88 Å². The number of pyridine rings is 3. The third-order valence-electron chi connectivity index (χ3n) is 7.11. The van der Waals surface area contributed by atoms with Crippen molar-refractivity contribution in [3.8, 4) is 17.1 Å². The normalized spacial score (nSPS) is 14.2. The van der Waals surface area contributed by atoms with Crippen LogP contribution in [0.3, 0.4) is 0 Å². The molecule has 5 heterocycles. The van der Waals surface area contributed by atoms with Crippen LogP contribution in [0.4, 0.5) is 10.1 Å². The molecule has 0 saturated carbocycles. The average Bonchev–Trinajstić information content (AvgIpc) is 3.34. The van der Waals surface area contributed by atoms with E-state index in [1.54, 1.807) is 42.6 Å². The number of carbonyl (C=O) groups is 1. The Bertz CT molecular complexity index is 1940. The predicted octanol–water partition coefficient (Wildman–Crippen LogP) is 4.55. The maximum Gasteiger partial charge on any atom is 0.356 e. The lowest BCUT2D eigenvalue weighted by Gasteiger charge is -2.27. The minimum Gasteiger partial charge on any atom is -0.473 e. The summed E-state index contributed by atoms with van der Waals surface area (Å²) in [5.41, 5.74) is 2.62. The Balaban J connectivity index is 1.23. The van der Waals surface area contributed by atoms with Crippen LogP contribution in [-0.4, -0.2) is 49.9 Å². The highest BCUT2D eigenvalue weighted by Gasteiger charge is 2.23. The molecule has 216 valence electrons. The van der Waals surface area contributed by atoms with Crippen LogP contribution in [0.25, 0.3) is 27.3 Å². The fourth-order valence-electron chi connectivity index (χ4n) is 4.69. The van der Waals surface area contributed by atoms with E-state index in [4.69, 9.17) is 25.8 Å². The number of hydrogen-bond donors (Lipinski definition) is 0. The first-order valence-corrected chi connectivity index (χ1v) is 13.4. The number of nitrogens with zero attached hydrogens (tertiary/aromatic N) is 6. The van der Waals surface area contributed by atoms with E-state index < -0.39 is 11.8 Å². The van der Waals surface area contributed by atoms with Crippen LogP contribution in [0, 0.1) is 12.4 Å². The van der Waals surface area contributed by atoms with Crippen molar-refractivity contribution < 1.29 is 23.4 Å². The Morgan fingerprint density at radius 1 is 1.14 bits per heavy atom. The van der Waals surface area contributed by atoms with E-state index in [2.05, 4.69) is 14.8 Å². The molecule has 4 aromatic heterocycles. The lowest BCUT2D eigenvalue weighted by atomic mass is 10.2. The van der Waals surface area contributed by atoms with Gasteiger partial charge in [-0.2, -0.15) is 0 Å². The van der Waals surface area contributed by atoms with Gasteiger partial charge >= 0.3 is 5.97 Å². The average molecular weight is 581 g/mol. The van der Waals surface area contributed by atoms with Gasteiger partial charge in [-0.05, 0) is 36.8 Å². The number of hydrogen-bond acceptors (Lipinski definition) is 8. The van der Waals surface area contributed by atoms with Gasteiger partial charge in [-0.1, -0.05) is 18.2 Å². The van der Waals surface area contributed by atoms with Crippen LogP contribution in [0.2, 0.25) is 0 Å². The van der Waals surface area contributed by atoms with Gasteiger partial charge in [0.25, 0.3) is 5.56 Å². The molecule has 0 amide bonds. The van der Waals surface area contributed by atoms with Gasteiger partial charge in [0.15, 0.2) is 17.0 Å². The van der Waals surface area contributed by atoms with Crippen molar-refractivity contribution >= 4 is 22.8 Å². The van der Waals surface area contributed by atoms with Gasteiger partial charge in [-0.25, -0.2) is 29.0 Å². The zero-order valence-electron chi connectivity index (χ0n) is 23.1. The van der Waals surface area contributed by atoms with Gasteiger partial charge < -0.3 is 23.3 Å². The third-order valence-corrected chi connectivity index (χ3v) is 7.11. The van der Waals surface area contributed by atoms with Crippen LogP contribution in [0.15, 0.2) is 71.7 Å². The molecule has 5 aromatic rings. The molecule has 1 aliphatic rings. The minimum absolute atomic E-state index is 0.00555. The smallest absolute Gasteiger partial charge is 0.356 e. The molecule has 11 nitrogen and oxygen atoms in total. The van der Waals surface area contributed by atoms with E-state index >= 15 is 0 Å². The number of rotatable bonds is 9. The molecule has 0 aliphatic carbocycles. The van der Waals surface area contributed by atoms with E-state index in [1.807, 2.05) is 4.57 Å². The van der Waals surface area contributed by atoms with E-state index in [-0.39, 0.29) is 42.1 Å². The molecule has 1 fully saturated rings. The largest absolute Gasteiger partial charge is 0.473 e.